The summed E-state index contributed by atoms with van der Waals surface area (Å²) in [7, 11) is -3.71. The van der Waals surface area contributed by atoms with E-state index in [0.717, 1.165) is 10.9 Å². The van der Waals surface area contributed by atoms with E-state index in [1.54, 1.807) is 23.6 Å². The molecule has 26 heavy (non-hydrogen) atoms. The second kappa shape index (κ2) is 7.75. The van der Waals surface area contributed by atoms with Crippen LogP contribution in [0.2, 0.25) is 0 Å². The van der Waals surface area contributed by atoms with Gasteiger partial charge in [0, 0.05) is 12.0 Å². The number of hydrogen-bond donors (Lipinski definition) is 3. The summed E-state index contributed by atoms with van der Waals surface area (Å²) in [6, 6.07) is 8.96. The van der Waals surface area contributed by atoms with Crippen molar-refractivity contribution in [3.63, 3.8) is 0 Å². The number of ether oxygens (including phenoxy) is 1. The van der Waals surface area contributed by atoms with E-state index in [2.05, 4.69) is 9.71 Å². The molecule has 0 saturated heterocycles. The maximum Gasteiger partial charge on any atom is 0.271 e. The molecule has 3 rings (SSSR count). The number of H-pyrrole nitrogens is 1. The van der Waals surface area contributed by atoms with Gasteiger partial charge in [0.25, 0.3) is 10.0 Å². The molecule has 9 heteroatoms. The molecule has 0 bridgehead atoms. The number of anilines is 1. The minimum atomic E-state index is -3.71. The highest BCUT2D eigenvalue weighted by Gasteiger charge is 2.21. The maximum atomic E-state index is 12.9. The third kappa shape index (κ3) is 3.90. The van der Waals surface area contributed by atoms with Crippen molar-refractivity contribution >= 4 is 55.2 Å². The van der Waals surface area contributed by atoms with Gasteiger partial charge in [-0.3, -0.25) is 4.72 Å². The van der Waals surface area contributed by atoms with Gasteiger partial charge in [-0.2, -0.15) is 0 Å². The molecule has 0 unspecified atom stereocenters. The lowest BCUT2D eigenvalue weighted by molar-refractivity contribution is 0.150. The normalized spacial score (nSPS) is 11.7. The summed E-state index contributed by atoms with van der Waals surface area (Å²) in [5.74, 6) is 0. The first kappa shape index (κ1) is 18.8. The van der Waals surface area contributed by atoms with Crippen LogP contribution in [-0.2, 0) is 21.2 Å². The molecule has 4 N–H and O–H groups in total. The number of thiophene rings is 1. The van der Waals surface area contributed by atoms with Gasteiger partial charge in [-0.15, -0.1) is 11.3 Å². The van der Waals surface area contributed by atoms with Crippen molar-refractivity contribution < 1.29 is 13.2 Å². The van der Waals surface area contributed by atoms with Crippen LogP contribution in [0.1, 0.15) is 18.2 Å². The molecular weight excluding hydrogens is 390 g/mol. The average molecular weight is 410 g/mol. The van der Waals surface area contributed by atoms with E-state index in [9.17, 15) is 8.42 Å². The number of sulfonamides is 1. The average Bonchev–Trinajstić information content (AvgIpc) is 3.22. The molecule has 0 radical (unpaired) electrons. The van der Waals surface area contributed by atoms with Gasteiger partial charge >= 0.3 is 0 Å². The van der Waals surface area contributed by atoms with E-state index in [1.165, 1.54) is 11.3 Å². The van der Waals surface area contributed by atoms with Gasteiger partial charge in [0.2, 0.25) is 0 Å². The fourth-order valence-corrected chi connectivity index (χ4v) is 5.29. The van der Waals surface area contributed by atoms with E-state index in [0.29, 0.717) is 40.7 Å². The summed E-state index contributed by atoms with van der Waals surface area (Å²) in [6.45, 7) is 3.00. The van der Waals surface area contributed by atoms with Crippen molar-refractivity contribution in [2.75, 3.05) is 17.9 Å². The van der Waals surface area contributed by atoms with Crippen LogP contribution in [0.25, 0.3) is 10.9 Å². The Morgan fingerprint density at radius 1 is 1.38 bits per heavy atom. The molecule has 0 fully saturated rings. The number of thiocarbonyl (C=S) groups is 1. The lowest BCUT2D eigenvalue weighted by Gasteiger charge is -2.10. The van der Waals surface area contributed by atoms with E-state index < -0.39 is 10.0 Å². The molecule has 138 valence electrons. The standard InChI is InChI=1S/C17H19N3O3S3/c1-2-23-8-6-11-7-9-25-17(11)26(21,22)20-13-5-3-4-12-10-14(16(18)24)19-15(12)13/h3-5,7,9-10,19-20H,2,6,8H2,1H3,(H2,18,24). The first-order valence-electron chi connectivity index (χ1n) is 8.01. The fraction of sp³-hybridized carbons (Fsp3) is 0.235. The Balaban J connectivity index is 1.92. The van der Waals surface area contributed by atoms with Crippen LogP contribution in [-0.4, -0.2) is 31.6 Å². The first-order valence-corrected chi connectivity index (χ1v) is 10.8. The van der Waals surface area contributed by atoms with Crippen LogP contribution in [0.5, 0.6) is 0 Å². The first-order chi connectivity index (χ1) is 12.4. The van der Waals surface area contributed by atoms with Crippen molar-refractivity contribution in [3.8, 4) is 0 Å². The molecule has 0 aliphatic rings. The third-order valence-electron chi connectivity index (χ3n) is 3.84. The van der Waals surface area contributed by atoms with Crippen molar-refractivity contribution in [3.05, 3.63) is 47.0 Å². The third-order valence-corrected chi connectivity index (χ3v) is 6.99. The summed E-state index contributed by atoms with van der Waals surface area (Å²) < 4.78 is 34.1. The highest BCUT2D eigenvalue weighted by atomic mass is 32.2. The molecule has 1 aromatic carbocycles. The molecule has 2 heterocycles. The van der Waals surface area contributed by atoms with Crippen molar-refractivity contribution in [1.82, 2.24) is 4.98 Å². The predicted molar refractivity (Wildman–Crippen MR) is 110 cm³/mol. The summed E-state index contributed by atoms with van der Waals surface area (Å²) in [6.07, 6.45) is 0.547. The molecule has 0 amide bonds. The Morgan fingerprint density at radius 2 is 2.19 bits per heavy atom. The largest absolute Gasteiger partial charge is 0.388 e. The fourth-order valence-electron chi connectivity index (χ4n) is 2.63. The van der Waals surface area contributed by atoms with E-state index in [-0.39, 0.29) is 4.99 Å². The van der Waals surface area contributed by atoms with Crippen LogP contribution in [0.15, 0.2) is 39.9 Å². The van der Waals surface area contributed by atoms with Gasteiger partial charge in [-0.25, -0.2) is 8.42 Å². The van der Waals surface area contributed by atoms with Gasteiger partial charge in [0.05, 0.1) is 23.5 Å². The number of hydrogen-bond acceptors (Lipinski definition) is 5. The highest BCUT2D eigenvalue weighted by molar-refractivity contribution is 7.94. The Bertz CT molecular complexity index is 1040. The topological polar surface area (TPSA) is 97.2 Å². The molecule has 0 saturated carbocycles. The maximum absolute atomic E-state index is 12.9. The molecule has 0 spiro atoms. The zero-order valence-corrected chi connectivity index (χ0v) is 16.6. The zero-order chi connectivity index (χ0) is 18.7. The Hall–Kier alpha value is -1.94. The van der Waals surface area contributed by atoms with Crippen LogP contribution >= 0.6 is 23.6 Å². The summed E-state index contributed by atoms with van der Waals surface area (Å²) in [4.78, 5) is 3.31. The molecule has 6 nitrogen and oxygen atoms in total. The van der Waals surface area contributed by atoms with Crippen molar-refractivity contribution in [1.29, 1.82) is 0 Å². The van der Waals surface area contributed by atoms with Crippen LogP contribution < -0.4 is 10.5 Å². The number of rotatable bonds is 8. The zero-order valence-electron chi connectivity index (χ0n) is 14.1. The molecule has 0 aliphatic carbocycles. The summed E-state index contributed by atoms with van der Waals surface area (Å²) in [5.41, 5.74) is 8.10. The van der Waals surface area contributed by atoms with Crippen molar-refractivity contribution in [2.45, 2.75) is 17.6 Å². The Labute approximate surface area is 161 Å². The lowest BCUT2D eigenvalue weighted by atomic mass is 10.2. The summed E-state index contributed by atoms with van der Waals surface area (Å²) >= 11 is 6.18. The second-order valence-corrected chi connectivity index (χ2v) is 8.84. The minimum absolute atomic E-state index is 0.228. The number of benzene rings is 1. The van der Waals surface area contributed by atoms with E-state index in [4.69, 9.17) is 22.7 Å². The Morgan fingerprint density at radius 3 is 2.92 bits per heavy atom. The van der Waals surface area contributed by atoms with Gasteiger partial charge in [0.15, 0.2) is 0 Å². The molecule has 0 aliphatic heterocycles. The van der Waals surface area contributed by atoms with Crippen molar-refractivity contribution in [2.24, 2.45) is 5.73 Å². The number of nitrogens with one attached hydrogen (secondary N) is 2. The van der Waals surface area contributed by atoms with Gasteiger partial charge in [-0.1, -0.05) is 24.4 Å². The summed E-state index contributed by atoms with van der Waals surface area (Å²) in [5, 5.41) is 2.60. The van der Waals surface area contributed by atoms with Crippen LogP contribution in [0.4, 0.5) is 5.69 Å². The molecule has 3 aromatic rings. The SMILES string of the molecule is CCOCCc1ccsc1S(=O)(=O)Nc1cccc2cc(C(N)=S)[nH]c12. The predicted octanol–water partition coefficient (Wildman–Crippen LogP) is 3.24. The quantitative estimate of drug-likeness (QED) is 0.392. The van der Waals surface area contributed by atoms with Gasteiger partial charge < -0.3 is 15.5 Å². The van der Waals surface area contributed by atoms with Crippen LogP contribution in [0.3, 0.4) is 0 Å². The monoisotopic (exact) mass is 409 g/mol. The van der Waals surface area contributed by atoms with E-state index in [1.807, 2.05) is 19.1 Å². The second-order valence-electron chi connectivity index (χ2n) is 5.60. The van der Waals surface area contributed by atoms with E-state index >= 15 is 0 Å². The minimum Gasteiger partial charge on any atom is -0.388 e. The molecular formula is C17H19N3O3S3. The Kier molecular flexibility index (Phi) is 5.61. The number of nitrogens with two attached hydrogens (primary N) is 1. The smallest absolute Gasteiger partial charge is 0.271 e. The number of fused-ring (bicyclic) bond motifs is 1. The molecule has 0 atom stereocenters. The lowest BCUT2D eigenvalue weighted by Crippen LogP contribution is -2.14. The van der Waals surface area contributed by atoms with Gasteiger partial charge in [0.1, 0.15) is 9.20 Å². The number of para-hydroxylation sites is 1. The number of aromatic nitrogens is 1. The number of aromatic amines is 1. The van der Waals surface area contributed by atoms with Crippen LogP contribution in [0, 0.1) is 0 Å². The van der Waals surface area contributed by atoms with Gasteiger partial charge in [-0.05, 0) is 42.5 Å². The molecule has 2 aromatic heterocycles. The highest BCUT2D eigenvalue weighted by Crippen LogP contribution is 2.29.